The van der Waals surface area contributed by atoms with Crippen molar-refractivity contribution in [1.82, 2.24) is 5.32 Å². The SMILES string of the molecule is CC(O)CNC(=O)CCCC(N)=O. The summed E-state index contributed by atoms with van der Waals surface area (Å²) in [5.41, 5.74) is 4.89. The largest absolute Gasteiger partial charge is 0.392 e. The minimum absolute atomic E-state index is 0.165. The van der Waals surface area contributed by atoms with Crippen LogP contribution in [0.1, 0.15) is 26.2 Å². The molecule has 0 rings (SSSR count). The Labute approximate surface area is 77.3 Å². The Kier molecular flexibility index (Phi) is 5.88. The summed E-state index contributed by atoms with van der Waals surface area (Å²) >= 11 is 0. The van der Waals surface area contributed by atoms with Gasteiger partial charge in [0.05, 0.1) is 6.10 Å². The molecule has 0 saturated carbocycles. The third-order valence-electron chi connectivity index (χ3n) is 1.42. The fourth-order valence-electron chi connectivity index (χ4n) is 0.773. The van der Waals surface area contributed by atoms with E-state index in [9.17, 15) is 9.59 Å². The van der Waals surface area contributed by atoms with Crippen molar-refractivity contribution in [2.45, 2.75) is 32.3 Å². The molecule has 76 valence electrons. The predicted octanol–water partition coefficient (Wildman–Crippen LogP) is -0.861. The average molecular weight is 188 g/mol. The molecule has 1 unspecified atom stereocenters. The Hall–Kier alpha value is -1.10. The van der Waals surface area contributed by atoms with Crippen LogP contribution in [0.3, 0.4) is 0 Å². The molecule has 0 aromatic rings. The van der Waals surface area contributed by atoms with Gasteiger partial charge in [-0.2, -0.15) is 0 Å². The van der Waals surface area contributed by atoms with Crippen LogP contribution in [0.4, 0.5) is 0 Å². The first kappa shape index (κ1) is 11.9. The Morgan fingerprint density at radius 1 is 1.46 bits per heavy atom. The maximum atomic E-state index is 11.0. The van der Waals surface area contributed by atoms with Crippen LogP contribution >= 0.6 is 0 Å². The number of carbonyl (C=O) groups excluding carboxylic acids is 2. The lowest BCUT2D eigenvalue weighted by molar-refractivity contribution is -0.122. The van der Waals surface area contributed by atoms with Gasteiger partial charge in [0.15, 0.2) is 0 Å². The van der Waals surface area contributed by atoms with Crippen LogP contribution in [0.15, 0.2) is 0 Å². The van der Waals surface area contributed by atoms with Crippen LogP contribution in [-0.2, 0) is 9.59 Å². The number of aliphatic hydroxyl groups is 1. The van der Waals surface area contributed by atoms with Crippen molar-refractivity contribution >= 4 is 11.8 Å². The maximum Gasteiger partial charge on any atom is 0.220 e. The smallest absolute Gasteiger partial charge is 0.220 e. The lowest BCUT2D eigenvalue weighted by atomic mass is 10.2. The molecule has 0 aliphatic carbocycles. The third-order valence-corrected chi connectivity index (χ3v) is 1.42. The predicted molar refractivity (Wildman–Crippen MR) is 47.7 cm³/mol. The van der Waals surface area contributed by atoms with Crippen LogP contribution < -0.4 is 11.1 Å². The zero-order chi connectivity index (χ0) is 10.3. The van der Waals surface area contributed by atoms with Gasteiger partial charge in [-0.15, -0.1) is 0 Å². The quantitative estimate of drug-likeness (QED) is 0.506. The van der Waals surface area contributed by atoms with Crippen molar-refractivity contribution in [3.8, 4) is 0 Å². The zero-order valence-electron chi connectivity index (χ0n) is 7.75. The first-order valence-corrected chi connectivity index (χ1v) is 4.25. The monoisotopic (exact) mass is 188 g/mol. The molecular formula is C8H16N2O3. The van der Waals surface area contributed by atoms with Crippen molar-refractivity contribution in [2.24, 2.45) is 5.73 Å². The molecule has 4 N–H and O–H groups in total. The highest BCUT2D eigenvalue weighted by Crippen LogP contribution is 1.93. The molecule has 0 heterocycles. The third kappa shape index (κ3) is 8.81. The van der Waals surface area contributed by atoms with E-state index in [2.05, 4.69) is 5.32 Å². The second-order valence-electron chi connectivity index (χ2n) is 2.97. The molecule has 0 radical (unpaired) electrons. The van der Waals surface area contributed by atoms with Gasteiger partial charge < -0.3 is 16.2 Å². The van der Waals surface area contributed by atoms with E-state index >= 15 is 0 Å². The molecule has 0 spiro atoms. The van der Waals surface area contributed by atoms with E-state index in [-0.39, 0.29) is 25.3 Å². The molecule has 13 heavy (non-hydrogen) atoms. The molecule has 5 nitrogen and oxygen atoms in total. The van der Waals surface area contributed by atoms with Gasteiger partial charge in [-0.05, 0) is 13.3 Å². The highest BCUT2D eigenvalue weighted by molar-refractivity contribution is 5.77. The Morgan fingerprint density at radius 3 is 2.54 bits per heavy atom. The van der Waals surface area contributed by atoms with Gasteiger partial charge in [0, 0.05) is 19.4 Å². The van der Waals surface area contributed by atoms with Gasteiger partial charge in [-0.3, -0.25) is 9.59 Å². The summed E-state index contributed by atoms with van der Waals surface area (Å²) in [6, 6.07) is 0. The molecule has 0 saturated heterocycles. The molecule has 5 heteroatoms. The van der Waals surface area contributed by atoms with Gasteiger partial charge in [0.1, 0.15) is 0 Å². The summed E-state index contributed by atoms with van der Waals surface area (Å²) in [6.07, 6.45) is 0.415. The fourth-order valence-corrected chi connectivity index (χ4v) is 0.773. The van der Waals surface area contributed by atoms with Gasteiger partial charge in [-0.1, -0.05) is 0 Å². The van der Waals surface area contributed by atoms with Crippen LogP contribution in [0.5, 0.6) is 0 Å². The van der Waals surface area contributed by atoms with Crippen molar-refractivity contribution in [1.29, 1.82) is 0 Å². The molecule has 0 aromatic carbocycles. The van der Waals surface area contributed by atoms with Crippen molar-refractivity contribution in [2.75, 3.05) is 6.54 Å². The van der Waals surface area contributed by atoms with E-state index in [1.165, 1.54) is 0 Å². The number of hydrogen-bond donors (Lipinski definition) is 3. The number of carbonyl (C=O) groups is 2. The fraction of sp³-hybridized carbons (Fsp3) is 0.750. The van der Waals surface area contributed by atoms with E-state index in [4.69, 9.17) is 10.8 Å². The summed E-state index contributed by atoms with van der Waals surface area (Å²) in [5, 5.41) is 11.3. The second kappa shape index (κ2) is 6.42. The standard InChI is InChI=1S/C8H16N2O3/c1-6(11)5-10-8(13)4-2-3-7(9)12/h6,11H,2-5H2,1H3,(H2,9,12)(H,10,13). The Balaban J connectivity index is 3.35. The summed E-state index contributed by atoms with van der Waals surface area (Å²) in [4.78, 5) is 21.3. The van der Waals surface area contributed by atoms with Crippen LogP contribution in [-0.4, -0.2) is 29.6 Å². The highest BCUT2D eigenvalue weighted by Gasteiger charge is 2.03. The van der Waals surface area contributed by atoms with E-state index in [1.807, 2.05) is 0 Å². The van der Waals surface area contributed by atoms with Gasteiger partial charge in [0.2, 0.25) is 11.8 Å². The number of amides is 2. The lowest BCUT2D eigenvalue weighted by Crippen LogP contribution is -2.30. The average Bonchev–Trinajstić information content (AvgIpc) is 2.00. The van der Waals surface area contributed by atoms with E-state index in [1.54, 1.807) is 6.92 Å². The number of rotatable bonds is 6. The summed E-state index contributed by atoms with van der Waals surface area (Å²) in [6.45, 7) is 1.83. The normalized spacial score (nSPS) is 12.2. The second-order valence-corrected chi connectivity index (χ2v) is 2.97. The van der Waals surface area contributed by atoms with Crippen LogP contribution in [0.2, 0.25) is 0 Å². The summed E-state index contributed by atoms with van der Waals surface area (Å²) < 4.78 is 0. The molecule has 0 fully saturated rings. The van der Waals surface area contributed by atoms with Crippen LogP contribution in [0.25, 0.3) is 0 Å². The minimum atomic E-state index is -0.542. The first-order chi connectivity index (χ1) is 6.02. The summed E-state index contributed by atoms with van der Waals surface area (Å²) in [7, 11) is 0. The first-order valence-electron chi connectivity index (χ1n) is 4.25. The maximum absolute atomic E-state index is 11.0. The topological polar surface area (TPSA) is 92.4 Å². The molecular weight excluding hydrogens is 172 g/mol. The Bertz CT molecular complexity index is 180. The minimum Gasteiger partial charge on any atom is -0.392 e. The van der Waals surface area contributed by atoms with Crippen molar-refractivity contribution in [3.05, 3.63) is 0 Å². The zero-order valence-corrected chi connectivity index (χ0v) is 7.75. The molecule has 0 bridgehead atoms. The number of nitrogens with one attached hydrogen (secondary N) is 1. The Morgan fingerprint density at radius 2 is 2.08 bits per heavy atom. The summed E-state index contributed by atoms with van der Waals surface area (Å²) in [5.74, 6) is -0.564. The number of hydrogen-bond acceptors (Lipinski definition) is 3. The van der Waals surface area contributed by atoms with Gasteiger partial charge in [0.25, 0.3) is 0 Å². The molecule has 0 aliphatic rings. The molecule has 0 aliphatic heterocycles. The number of aliphatic hydroxyl groups excluding tert-OH is 1. The highest BCUT2D eigenvalue weighted by atomic mass is 16.3. The van der Waals surface area contributed by atoms with Gasteiger partial charge in [-0.25, -0.2) is 0 Å². The molecule has 0 aromatic heterocycles. The van der Waals surface area contributed by atoms with E-state index in [0.717, 1.165) is 0 Å². The van der Waals surface area contributed by atoms with E-state index < -0.39 is 12.0 Å². The van der Waals surface area contributed by atoms with Crippen molar-refractivity contribution in [3.63, 3.8) is 0 Å². The molecule has 1 atom stereocenters. The van der Waals surface area contributed by atoms with E-state index in [0.29, 0.717) is 6.42 Å². The lowest BCUT2D eigenvalue weighted by Gasteiger charge is -2.05. The van der Waals surface area contributed by atoms with Crippen LogP contribution in [0, 0.1) is 0 Å². The van der Waals surface area contributed by atoms with Crippen molar-refractivity contribution < 1.29 is 14.7 Å². The number of nitrogens with two attached hydrogens (primary N) is 1. The van der Waals surface area contributed by atoms with Gasteiger partial charge >= 0.3 is 0 Å². The number of primary amides is 1. The molecule has 2 amide bonds.